The molecule has 3 rings (SSSR count). The molecule has 27 heavy (non-hydrogen) atoms. The van der Waals surface area contributed by atoms with Crippen LogP contribution in [0.3, 0.4) is 0 Å². The number of fused-ring (bicyclic) bond motifs is 1. The van der Waals surface area contributed by atoms with E-state index in [4.69, 9.17) is 11.6 Å². The van der Waals surface area contributed by atoms with E-state index in [-0.39, 0.29) is 5.91 Å². The fraction of sp³-hybridized carbons (Fsp3) is 0.273. The van der Waals surface area contributed by atoms with E-state index in [2.05, 4.69) is 9.88 Å². The van der Waals surface area contributed by atoms with Gasteiger partial charge < -0.3 is 9.80 Å². The second kappa shape index (κ2) is 8.07. The Bertz CT molecular complexity index is 967. The van der Waals surface area contributed by atoms with Crippen molar-refractivity contribution in [2.24, 2.45) is 0 Å². The van der Waals surface area contributed by atoms with Gasteiger partial charge in [0, 0.05) is 42.3 Å². The number of carbonyl (C=O) groups excluding carboxylic acids is 1. The second-order valence-electron chi connectivity index (χ2n) is 7.08. The highest BCUT2D eigenvalue weighted by Gasteiger charge is 2.13. The van der Waals surface area contributed by atoms with E-state index >= 15 is 0 Å². The number of nitrogens with zero attached hydrogens (tertiary/aromatic N) is 3. The van der Waals surface area contributed by atoms with Gasteiger partial charge in [0.05, 0.1) is 5.52 Å². The molecule has 0 N–H and O–H groups in total. The molecule has 0 aliphatic carbocycles. The van der Waals surface area contributed by atoms with Gasteiger partial charge in [-0.15, -0.1) is 0 Å². The van der Waals surface area contributed by atoms with Crippen LogP contribution in [0.2, 0.25) is 5.02 Å². The minimum absolute atomic E-state index is 0.0295. The van der Waals surface area contributed by atoms with Crippen molar-refractivity contribution in [2.45, 2.75) is 6.92 Å². The summed E-state index contributed by atoms with van der Waals surface area (Å²) in [6, 6.07) is 13.6. The van der Waals surface area contributed by atoms with Gasteiger partial charge in [-0.3, -0.25) is 9.78 Å². The molecule has 0 atom stereocenters. The number of aryl methyl sites for hydroxylation is 1. The number of hydrogen-bond acceptors (Lipinski definition) is 3. The lowest BCUT2D eigenvalue weighted by Gasteiger charge is -2.20. The summed E-state index contributed by atoms with van der Waals surface area (Å²) in [7, 11) is 5.83. The Hall–Kier alpha value is -2.43. The average molecular weight is 382 g/mol. The molecular weight excluding hydrogens is 358 g/mol. The third-order valence-electron chi connectivity index (χ3n) is 4.67. The maximum absolute atomic E-state index is 12.6. The molecule has 0 spiro atoms. The van der Waals surface area contributed by atoms with Gasteiger partial charge in [0.15, 0.2) is 0 Å². The number of carbonyl (C=O) groups is 1. The molecule has 0 unspecified atom stereocenters. The second-order valence-corrected chi connectivity index (χ2v) is 7.52. The van der Waals surface area contributed by atoms with Gasteiger partial charge in [0.25, 0.3) is 5.91 Å². The molecule has 4 nitrogen and oxygen atoms in total. The first-order chi connectivity index (χ1) is 12.9. The molecule has 140 valence electrons. The first-order valence-corrected chi connectivity index (χ1v) is 9.30. The van der Waals surface area contributed by atoms with Crippen LogP contribution >= 0.6 is 11.6 Å². The summed E-state index contributed by atoms with van der Waals surface area (Å²) in [6.45, 7) is 3.54. The van der Waals surface area contributed by atoms with Crippen LogP contribution < -0.4 is 0 Å². The van der Waals surface area contributed by atoms with Crippen LogP contribution in [0.25, 0.3) is 22.0 Å². The molecule has 3 aromatic rings. The zero-order chi connectivity index (χ0) is 19.6. The van der Waals surface area contributed by atoms with Gasteiger partial charge in [-0.2, -0.15) is 0 Å². The van der Waals surface area contributed by atoms with Gasteiger partial charge in [0.2, 0.25) is 0 Å². The van der Waals surface area contributed by atoms with Crippen molar-refractivity contribution < 1.29 is 4.79 Å². The Balaban J connectivity index is 1.90. The molecule has 0 fully saturated rings. The van der Waals surface area contributed by atoms with Crippen molar-refractivity contribution in [3.63, 3.8) is 0 Å². The summed E-state index contributed by atoms with van der Waals surface area (Å²) in [6.07, 6.45) is 1.81. The summed E-state index contributed by atoms with van der Waals surface area (Å²) in [5, 5.41) is 1.72. The summed E-state index contributed by atoms with van der Waals surface area (Å²) in [4.78, 5) is 20.9. The zero-order valence-electron chi connectivity index (χ0n) is 16.2. The van der Waals surface area contributed by atoms with Crippen LogP contribution in [0.4, 0.5) is 0 Å². The summed E-state index contributed by atoms with van der Waals surface area (Å²) in [5.41, 5.74) is 4.78. The van der Waals surface area contributed by atoms with Crippen molar-refractivity contribution >= 4 is 28.4 Å². The minimum atomic E-state index is 0.0295. The third kappa shape index (κ3) is 4.29. The average Bonchev–Trinajstić information content (AvgIpc) is 2.65. The molecule has 5 heteroatoms. The van der Waals surface area contributed by atoms with Crippen LogP contribution in [0.1, 0.15) is 15.9 Å². The van der Waals surface area contributed by atoms with E-state index in [0.29, 0.717) is 17.1 Å². The Labute approximate surface area is 165 Å². The predicted molar refractivity (Wildman–Crippen MR) is 112 cm³/mol. The van der Waals surface area contributed by atoms with E-state index in [1.807, 2.05) is 76.7 Å². The molecule has 2 aromatic carbocycles. The van der Waals surface area contributed by atoms with E-state index < -0.39 is 0 Å². The monoisotopic (exact) mass is 381 g/mol. The Kier molecular flexibility index (Phi) is 5.78. The van der Waals surface area contributed by atoms with E-state index in [1.54, 1.807) is 4.90 Å². The van der Waals surface area contributed by atoms with Crippen LogP contribution in [0.15, 0.2) is 48.7 Å². The molecule has 0 bridgehead atoms. The molecule has 1 heterocycles. The fourth-order valence-electron chi connectivity index (χ4n) is 3.10. The smallest absolute Gasteiger partial charge is 0.253 e. The molecule has 1 amide bonds. The molecule has 0 saturated carbocycles. The summed E-state index contributed by atoms with van der Waals surface area (Å²) < 4.78 is 0. The zero-order valence-corrected chi connectivity index (χ0v) is 16.9. The number of amides is 1. The lowest BCUT2D eigenvalue weighted by molar-refractivity contribution is 0.0786. The fourth-order valence-corrected chi connectivity index (χ4v) is 3.38. The van der Waals surface area contributed by atoms with E-state index in [0.717, 1.165) is 34.1 Å². The third-order valence-corrected chi connectivity index (χ3v) is 4.89. The van der Waals surface area contributed by atoms with Gasteiger partial charge >= 0.3 is 0 Å². The van der Waals surface area contributed by atoms with Gasteiger partial charge in [0.1, 0.15) is 0 Å². The Morgan fingerprint density at radius 3 is 2.41 bits per heavy atom. The molecule has 0 aliphatic heterocycles. The quantitative estimate of drug-likeness (QED) is 0.653. The van der Waals surface area contributed by atoms with Crippen molar-refractivity contribution in [3.05, 3.63) is 64.8 Å². The summed E-state index contributed by atoms with van der Waals surface area (Å²) in [5.74, 6) is 0.0295. The molecule has 1 aromatic heterocycles. The van der Waals surface area contributed by atoms with E-state index in [9.17, 15) is 4.79 Å². The number of aromatic nitrogens is 1. The summed E-state index contributed by atoms with van der Waals surface area (Å²) >= 11 is 6.26. The normalized spacial score (nSPS) is 11.2. The van der Waals surface area contributed by atoms with Crippen molar-refractivity contribution in [1.82, 2.24) is 14.8 Å². The van der Waals surface area contributed by atoms with Crippen LogP contribution in [-0.4, -0.2) is 54.9 Å². The maximum Gasteiger partial charge on any atom is 0.253 e. The Morgan fingerprint density at radius 2 is 1.74 bits per heavy atom. The van der Waals surface area contributed by atoms with Gasteiger partial charge in [-0.25, -0.2) is 0 Å². The van der Waals surface area contributed by atoms with Crippen molar-refractivity contribution in [2.75, 3.05) is 34.2 Å². The van der Waals surface area contributed by atoms with Crippen molar-refractivity contribution in [1.29, 1.82) is 0 Å². The van der Waals surface area contributed by atoms with Crippen LogP contribution in [0.5, 0.6) is 0 Å². The largest absolute Gasteiger partial charge is 0.340 e. The van der Waals surface area contributed by atoms with Gasteiger partial charge in [-0.1, -0.05) is 23.7 Å². The predicted octanol–water partition coefficient (Wildman–Crippen LogP) is 4.50. The first kappa shape index (κ1) is 19.3. The molecule has 0 saturated heterocycles. The first-order valence-electron chi connectivity index (χ1n) is 8.92. The van der Waals surface area contributed by atoms with E-state index in [1.165, 1.54) is 0 Å². The molecular formula is C22H24ClN3O. The van der Waals surface area contributed by atoms with Crippen LogP contribution in [0, 0.1) is 6.92 Å². The Morgan fingerprint density at radius 1 is 1.04 bits per heavy atom. The highest BCUT2D eigenvalue weighted by molar-refractivity contribution is 6.31. The number of likely N-dealkylation sites (N-methyl/N-ethyl adjacent to an activating group) is 2. The lowest BCUT2D eigenvalue weighted by Crippen LogP contribution is -2.33. The molecule has 0 aliphatic rings. The van der Waals surface area contributed by atoms with Gasteiger partial charge in [-0.05, 0) is 68.0 Å². The maximum atomic E-state index is 12.6. The number of rotatable bonds is 5. The number of benzene rings is 2. The number of pyridine rings is 1. The lowest BCUT2D eigenvalue weighted by atomic mass is 9.98. The highest BCUT2D eigenvalue weighted by atomic mass is 35.5. The SMILES string of the molecule is Cc1cc(Cl)cc2c(-c3ccc(C(=O)N(C)CCN(C)C)cc3)ccnc12. The van der Waals surface area contributed by atoms with Crippen LogP contribution in [-0.2, 0) is 0 Å². The number of hydrogen-bond donors (Lipinski definition) is 0. The standard InChI is InChI=1S/C22H24ClN3O/c1-15-13-18(23)14-20-19(9-10-24-21(15)20)16-5-7-17(8-6-16)22(27)26(4)12-11-25(2)3/h5-10,13-14H,11-12H2,1-4H3. The minimum Gasteiger partial charge on any atom is -0.340 e. The van der Waals surface area contributed by atoms with Crippen molar-refractivity contribution in [3.8, 4) is 11.1 Å². The highest BCUT2D eigenvalue weighted by Crippen LogP contribution is 2.31. The molecule has 0 radical (unpaired) electrons. The topological polar surface area (TPSA) is 36.4 Å². The number of halogens is 1.